The van der Waals surface area contributed by atoms with Crippen molar-refractivity contribution < 1.29 is 13.5 Å². The molecule has 0 radical (unpaired) electrons. The van der Waals surface area contributed by atoms with Crippen molar-refractivity contribution >= 4 is 11.0 Å². The van der Waals surface area contributed by atoms with Gasteiger partial charge in [0.2, 0.25) is 0 Å². The molecule has 3 nitrogen and oxygen atoms in total. The predicted octanol–water partition coefficient (Wildman–Crippen LogP) is 3.14. The molecule has 0 aliphatic carbocycles. The molecule has 96 valence electrons. The summed E-state index contributed by atoms with van der Waals surface area (Å²) in [7, 11) is 0. The average Bonchev–Trinajstić information content (AvgIpc) is 2.94. The molecule has 2 aromatic rings. The van der Waals surface area contributed by atoms with Crippen molar-refractivity contribution in [3.8, 4) is 0 Å². The van der Waals surface area contributed by atoms with E-state index in [0.717, 1.165) is 24.8 Å². The topological polar surface area (TPSA) is 48.4 Å². The highest BCUT2D eigenvalue weighted by atomic mass is 19.1. The molecule has 2 heterocycles. The number of fused-ring (bicyclic) bond motifs is 1. The van der Waals surface area contributed by atoms with Crippen molar-refractivity contribution in [2.24, 2.45) is 5.73 Å². The van der Waals surface area contributed by atoms with Crippen LogP contribution in [-0.2, 0) is 4.74 Å². The van der Waals surface area contributed by atoms with Gasteiger partial charge in [-0.05, 0) is 44.0 Å². The summed E-state index contributed by atoms with van der Waals surface area (Å²) >= 11 is 0. The zero-order valence-corrected chi connectivity index (χ0v) is 10.3. The average molecular weight is 249 g/mol. The zero-order chi connectivity index (χ0) is 12.8. The third kappa shape index (κ3) is 1.82. The minimum Gasteiger partial charge on any atom is -0.459 e. The van der Waals surface area contributed by atoms with Crippen LogP contribution in [0.2, 0.25) is 0 Å². The van der Waals surface area contributed by atoms with Gasteiger partial charge in [0.15, 0.2) is 0 Å². The summed E-state index contributed by atoms with van der Waals surface area (Å²) in [6, 6.07) is 5.94. The maximum absolute atomic E-state index is 13.1. The van der Waals surface area contributed by atoms with Crippen LogP contribution in [0.3, 0.4) is 0 Å². The Morgan fingerprint density at radius 1 is 1.39 bits per heavy atom. The van der Waals surface area contributed by atoms with Gasteiger partial charge in [-0.3, -0.25) is 0 Å². The summed E-state index contributed by atoms with van der Waals surface area (Å²) in [5, 5.41) is 0.738. The molecule has 3 rings (SSSR count). The second kappa shape index (κ2) is 4.07. The highest BCUT2D eigenvalue weighted by Crippen LogP contribution is 2.37. The summed E-state index contributed by atoms with van der Waals surface area (Å²) in [4.78, 5) is 0. The molecule has 2 unspecified atom stereocenters. The van der Waals surface area contributed by atoms with Crippen LogP contribution in [0.25, 0.3) is 11.0 Å². The number of ether oxygens (including phenoxy) is 1. The minimum absolute atomic E-state index is 0.272. The number of rotatable bonds is 2. The van der Waals surface area contributed by atoms with Crippen LogP contribution < -0.4 is 5.73 Å². The minimum atomic E-state index is -0.383. The second-order valence-corrected chi connectivity index (χ2v) is 5.07. The molecule has 1 aromatic heterocycles. The standard InChI is InChI=1S/C14H16FNO2/c1-14(5-2-6-17-14)13(16)12-8-9-7-10(15)3-4-11(9)18-12/h3-4,7-8,13H,2,5-6,16H2,1H3. The number of benzene rings is 1. The van der Waals surface area contributed by atoms with Gasteiger partial charge in [0.25, 0.3) is 0 Å². The Morgan fingerprint density at radius 2 is 2.22 bits per heavy atom. The van der Waals surface area contributed by atoms with Gasteiger partial charge >= 0.3 is 0 Å². The van der Waals surface area contributed by atoms with E-state index in [1.54, 1.807) is 12.1 Å². The first-order chi connectivity index (χ1) is 8.58. The summed E-state index contributed by atoms with van der Waals surface area (Å²) < 4.78 is 24.5. The first-order valence-corrected chi connectivity index (χ1v) is 6.17. The maximum Gasteiger partial charge on any atom is 0.134 e. The largest absolute Gasteiger partial charge is 0.459 e. The van der Waals surface area contributed by atoms with E-state index in [-0.39, 0.29) is 17.5 Å². The molecule has 18 heavy (non-hydrogen) atoms. The van der Waals surface area contributed by atoms with Gasteiger partial charge in [0.05, 0.1) is 11.6 Å². The molecule has 1 fully saturated rings. The summed E-state index contributed by atoms with van der Waals surface area (Å²) in [6.07, 6.45) is 1.93. The zero-order valence-electron chi connectivity index (χ0n) is 10.3. The van der Waals surface area contributed by atoms with E-state index >= 15 is 0 Å². The Bertz CT molecular complexity index is 572. The summed E-state index contributed by atoms with van der Waals surface area (Å²) in [5.74, 6) is 0.381. The highest BCUT2D eigenvalue weighted by molar-refractivity contribution is 5.78. The molecule has 1 aliphatic heterocycles. The van der Waals surface area contributed by atoms with Gasteiger partial charge in [0, 0.05) is 12.0 Å². The molecule has 1 aromatic carbocycles. The van der Waals surface area contributed by atoms with E-state index in [0.29, 0.717) is 11.3 Å². The van der Waals surface area contributed by atoms with Crippen molar-refractivity contribution in [2.75, 3.05) is 6.61 Å². The number of halogens is 1. The van der Waals surface area contributed by atoms with E-state index in [1.807, 2.05) is 6.92 Å². The Kier molecular flexibility index (Phi) is 2.64. The normalized spacial score (nSPS) is 25.7. The Morgan fingerprint density at radius 3 is 2.94 bits per heavy atom. The molecule has 0 amide bonds. The molecule has 2 N–H and O–H groups in total. The van der Waals surface area contributed by atoms with Crippen LogP contribution >= 0.6 is 0 Å². The molecule has 0 saturated carbocycles. The van der Waals surface area contributed by atoms with E-state index in [2.05, 4.69) is 0 Å². The molecule has 0 bridgehead atoms. The Balaban J connectivity index is 1.98. The fraction of sp³-hybridized carbons (Fsp3) is 0.429. The van der Waals surface area contributed by atoms with Crippen LogP contribution in [0.15, 0.2) is 28.7 Å². The molecule has 1 aliphatic rings. The number of hydrogen-bond donors (Lipinski definition) is 1. The monoisotopic (exact) mass is 249 g/mol. The van der Waals surface area contributed by atoms with Gasteiger partial charge in [-0.15, -0.1) is 0 Å². The van der Waals surface area contributed by atoms with Crippen LogP contribution in [0.1, 0.15) is 31.6 Å². The van der Waals surface area contributed by atoms with Crippen molar-refractivity contribution in [1.29, 1.82) is 0 Å². The quantitative estimate of drug-likeness (QED) is 0.889. The lowest BCUT2D eigenvalue weighted by Crippen LogP contribution is -2.37. The second-order valence-electron chi connectivity index (χ2n) is 5.07. The van der Waals surface area contributed by atoms with E-state index in [9.17, 15) is 4.39 Å². The van der Waals surface area contributed by atoms with E-state index in [4.69, 9.17) is 14.9 Å². The van der Waals surface area contributed by atoms with Crippen LogP contribution in [0.4, 0.5) is 4.39 Å². The number of hydrogen-bond acceptors (Lipinski definition) is 3. The van der Waals surface area contributed by atoms with Gasteiger partial charge in [-0.1, -0.05) is 0 Å². The SMILES string of the molecule is CC1(C(N)c2cc3cc(F)ccc3o2)CCCO1. The lowest BCUT2D eigenvalue weighted by molar-refractivity contribution is -0.00648. The third-order valence-electron chi connectivity index (χ3n) is 3.71. The van der Waals surface area contributed by atoms with Crippen molar-refractivity contribution in [2.45, 2.75) is 31.4 Å². The van der Waals surface area contributed by atoms with E-state index in [1.165, 1.54) is 12.1 Å². The lowest BCUT2D eigenvalue weighted by atomic mass is 9.92. The van der Waals surface area contributed by atoms with Crippen LogP contribution in [0.5, 0.6) is 0 Å². The third-order valence-corrected chi connectivity index (χ3v) is 3.71. The molecular formula is C14H16FNO2. The van der Waals surface area contributed by atoms with Gasteiger partial charge in [0.1, 0.15) is 17.2 Å². The Hall–Kier alpha value is -1.39. The fourth-order valence-electron chi connectivity index (χ4n) is 2.53. The van der Waals surface area contributed by atoms with Crippen molar-refractivity contribution in [3.05, 3.63) is 35.8 Å². The van der Waals surface area contributed by atoms with Gasteiger partial charge in [-0.25, -0.2) is 4.39 Å². The number of furan rings is 1. The van der Waals surface area contributed by atoms with Gasteiger partial charge < -0.3 is 14.9 Å². The van der Waals surface area contributed by atoms with Crippen LogP contribution in [0, 0.1) is 5.82 Å². The number of nitrogens with two attached hydrogens (primary N) is 1. The van der Waals surface area contributed by atoms with Gasteiger partial charge in [-0.2, -0.15) is 0 Å². The van der Waals surface area contributed by atoms with Crippen LogP contribution in [-0.4, -0.2) is 12.2 Å². The molecular weight excluding hydrogens is 233 g/mol. The predicted molar refractivity (Wildman–Crippen MR) is 66.7 cm³/mol. The lowest BCUT2D eigenvalue weighted by Gasteiger charge is -2.28. The Labute approximate surface area is 105 Å². The molecule has 0 spiro atoms. The van der Waals surface area contributed by atoms with Crippen molar-refractivity contribution in [3.63, 3.8) is 0 Å². The van der Waals surface area contributed by atoms with E-state index < -0.39 is 0 Å². The first kappa shape index (κ1) is 11.7. The molecule has 4 heteroatoms. The smallest absolute Gasteiger partial charge is 0.134 e. The highest BCUT2D eigenvalue weighted by Gasteiger charge is 2.38. The fourth-order valence-corrected chi connectivity index (χ4v) is 2.53. The van der Waals surface area contributed by atoms with Crippen molar-refractivity contribution in [1.82, 2.24) is 0 Å². The molecule has 2 atom stereocenters. The summed E-state index contributed by atoms with van der Waals surface area (Å²) in [5.41, 5.74) is 6.50. The first-order valence-electron chi connectivity index (χ1n) is 6.17. The molecule has 1 saturated heterocycles. The maximum atomic E-state index is 13.1. The summed E-state index contributed by atoms with van der Waals surface area (Å²) in [6.45, 7) is 2.73.